The zero-order valence-corrected chi connectivity index (χ0v) is 10.0. The molecule has 0 saturated carbocycles. The maximum absolute atomic E-state index is 9.82. The van der Waals surface area contributed by atoms with Gasteiger partial charge >= 0.3 is 0 Å². The summed E-state index contributed by atoms with van der Waals surface area (Å²) in [5.74, 6) is 2.49. The van der Waals surface area contributed by atoms with Gasteiger partial charge in [0.25, 0.3) is 0 Å². The average molecular weight is 237 g/mol. The number of rotatable bonds is 2. The van der Waals surface area contributed by atoms with E-state index in [0.717, 1.165) is 63.4 Å². The van der Waals surface area contributed by atoms with Crippen molar-refractivity contribution in [1.82, 2.24) is 14.8 Å². The third-order valence-electron chi connectivity index (χ3n) is 3.70. The topological polar surface area (TPSA) is 60.2 Å². The first kappa shape index (κ1) is 11.2. The van der Waals surface area contributed by atoms with Crippen molar-refractivity contribution in [2.24, 2.45) is 5.92 Å². The molecule has 1 unspecified atom stereocenters. The summed E-state index contributed by atoms with van der Waals surface area (Å²) in [6, 6.07) is 0. The summed E-state index contributed by atoms with van der Waals surface area (Å²) in [6.45, 7) is 1.72. The zero-order valence-electron chi connectivity index (χ0n) is 10.0. The molecular formula is C12H19N3O2. The van der Waals surface area contributed by atoms with Crippen molar-refractivity contribution in [3.63, 3.8) is 0 Å². The third-order valence-corrected chi connectivity index (χ3v) is 3.70. The van der Waals surface area contributed by atoms with Crippen LogP contribution in [0.5, 0.6) is 0 Å². The number of aromatic nitrogens is 3. The molecule has 0 radical (unpaired) electrons. The molecule has 0 spiro atoms. The second-order valence-electron chi connectivity index (χ2n) is 5.02. The summed E-state index contributed by atoms with van der Waals surface area (Å²) < 4.78 is 7.06. The Labute approximate surface area is 101 Å². The number of aliphatic hydroxyl groups excluding tert-OH is 1. The van der Waals surface area contributed by atoms with Crippen LogP contribution in [0.15, 0.2) is 0 Å². The highest BCUT2D eigenvalue weighted by Gasteiger charge is 2.23. The Bertz CT molecular complexity index is 385. The van der Waals surface area contributed by atoms with Gasteiger partial charge in [0.05, 0.1) is 0 Å². The van der Waals surface area contributed by atoms with Gasteiger partial charge < -0.3 is 9.84 Å². The van der Waals surface area contributed by atoms with Crippen LogP contribution in [0, 0.1) is 5.92 Å². The largest absolute Gasteiger partial charge is 0.381 e. The van der Waals surface area contributed by atoms with Crippen molar-refractivity contribution >= 4 is 0 Å². The Morgan fingerprint density at radius 2 is 2.12 bits per heavy atom. The second-order valence-corrected chi connectivity index (χ2v) is 5.02. The molecule has 1 atom stereocenters. The molecule has 94 valence electrons. The Kier molecular flexibility index (Phi) is 3.11. The highest BCUT2D eigenvalue weighted by molar-refractivity contribution is 4.98. The van der Waals surface area contributed by atoms with Crippen LogP contribution in [-0.2, 0) is 17.6 Å². The number of aryl methyl sites for hydroxylation is 1. The van der Waals surface area contributed by atoms with Gasteiger partial charge in [-0.05, 0) is 31.6 Å². The number of aliphatic hydroxyl groups is 1. The van der Waals surface area contributed by atoms with E-state index in [-0.39, 0.29) is 0 Å². The fourth-order valence-electron chi connectivity index (χ4n) is 2.67. The van der Waals surface area contributed by atoms with Gasteiger partial charge in [0.2, 0.25) is 0 Å². The first-order chi connectivity index (χ1) is 8.33. The monoisotopic (exact) mass is 237 g/mol. The second kappa shape index (κ2) is 4.74. The van der Waals surface area contributed by atoms with Crippen LogP contribution in [-0.4, -0.2) is 33.1 Å². The van der Waals surface area contributed by atoms with Crippen LogP contribution in [0.3, 0.4) is 0 Å². The van der Waals surface area contributed by atoms with Crippen LogP contribution in [0.2, 0.25) is 0 Å². The van der Waals surface area contributed by atoms with Crippen molar-refractivity contribution in [3.8, 4) is 0 Å². The van der Waals surface area contributed by atoms with E-state index in [9.17, 15) is 5.11 Å². The molecule has 0 aromatic carbocycles. The fourth-order valence-corrected chi connectivity index (χ4v) is 2.67. The summed E-state index contributed by atoms with van der Waals surface area (Å²) in [4.78, 5) is 4.55. The Balaban J connectivity index is 1.71. The van der Waals surface area contributed by atoms with Gasteiger partial charge in [0.1, 0.15) is 12.1 Å². The highest BCUT2D eigenvalue weighted by Crippen LogP contribution is 2.23. The average Bonchev–Trinajstić information content (AvgIpc) is 2.74. The normalized spacial score (nSPS) is 25.8. The minimum absolute atomic E-state index is 0.463. The van der Waals surface area contributed by atoms with Crippen molar-refractivity contribution in [2.75, 3.05) is 13.2 Å². The van der Waals surface area contributed by atoms with E-state index in [1.807, 2.05) is 0 Å². The quantitative estimate of drug-likeness (QED) is 0.836. The molecule has 1 N–H and O–H groups in total. The van der Waals surface area contributed by atoms with Crippen LogP contribution >= 0.6 is 0 Å². The van der Waals surface area contributed by atoms with Crippen molar-refractivity contribution in [3.05, 3.63) is 11.6 Å². The van der Waals surface area contributed by atoms with Gasteiger partial charge in [-0.2, -0.15) is 5.10 Å². The number of nitrogens with zero attached hydrogens (tertiary/aromatic N) is 3. The molecule has 2 aliphatic heterocycles. The standard InChI is InChI=1S/C12H19N3O2/c16-12-3-1-2-11-13-10(14-15(11)12)8-9-4-6-17-7-5-9/h9,12,16H,1-8H2. The number of ether oxygens (including phenoxy) is 1. The lowest BCUT2D eigenvalue weighted by atomic mass is 9.96. The van der Waals surface area contributed by atoms with Crippen LogP contribution in [0.1, 0.15) is 43.6 Å². The molecule has 3 heterocycles. The maximum atomic E-state index is 9.82. The molecule has 1 aromatic heterocycles. The molecule has 5 heteroatoms. The highest BCUT2D eigenvalue weighted by atomic mass is 16.5. The third kappa shape index (κ3) is 2.35. The molecule has 17 heavy (non-hydrogen) atoms. The summed E-state index contributed by atoms with van der Waals surface area (Å²) in [6.07, 6.45) is 5.42. The van der Waals surface area contributed by atoms with Gasteiger partial charge in [-0.3, -0.25) is 0 Å². The maximum Gasteiger partial charge on any atom is 0.151 e. The Morgan fingerprint density at radius 1 is 1.29 bits per heavy atom. The van der Waals surface area contributed by atoms with E-state index in [4.69, 9.17) is 4.74 Å². The lowest BCUT2D eigenvalue weighted by Crippen LogP contribution is -2.19. The van der Waals surface area contributed by atoms with Crippen molar-refractivity contribution in [1.29, 1.82) is 0 Å². The van der Waals surface area contributed by atoms with E-state index in [1.54, 1.807) is 4.68 Å². The SMILES string of the molecule is OC1CCCc2nc(CC3CCOCC3)nn21. The molecule has 2 aliphatic rings. The fraction of sp³-hybridized carbons (Fsp3) is 0.833. The molecule has 0 aliphatic carbocycles. The van der Waals surface area contributed by atoms with Crippen molar-refractivity contribution in [2.45, 2.75) is 44.8 Å². The summed E-state index contributed by atoms with van der Waals surface area (Å²) in [7, 11) is 0. The van der Waals surface area contributed by atoms with Gasteiger partial charge in [-0.1, -0.05) is 0 Å². The molecule has 0 bridgehead atoms. The van der Waals surface area contributed by atoms with Crippen LogP contribution in [0.25, 0.3) is 0 Å². The minimum Gasteiger partial charge on any atom is -0.381 e. The van der Waals surface area contributed by atoms with Gasteiger partial charge in [0.15, 0.2) is 5.82 Å². The van der Waals surface area contributed by atoms with E-state index >= 15 is 0 Å². The molecule has 5 nitrogen and oxygen atoms in total. The number of hydrogen-bond acceptors (Lipinski definition) is 4. The molecule has 1 fully saturated rings. The molecule has 1 saturated heterocycles. The number of fused-ring (bicyclic) bond motifs is 1. The Hall–Kier alpha value is -0.940. The molecular weight excluding hydrogens is 218 g/mol. The molecule has 1 aromatic rings. The smallest absolute Gasteiger partial charge is 0.151 e. The van der Waals surface area contributed by atoms with E-state index in [0.29, 0.717) is 5.92 Å². The van der Waals surface area contributed by atoms with Crippen molar-refractivity contribution < 1.29 is 9.84 Å². The first-order valence-corrected chi connectivity index (χ1v) is 6.53. The predicted molar refractivity (Wildman–Crippen MR) is 61.5 cm³/mol. The summed E-state index contributed by atoms with van der Waals surface area (Å²) in [5.41, 5.74) is 0. The summed E-state index contributed by atoms with van der Waals surface area (Å²) >= 11 is 0. The van der Waals surface area contributed by atoms with E-state index < -0.39 is 6.23 Å². The lowest BCUT2D eigenvalue weighted by Gasteiger charge is -2.20. The zero-order chi connectivity index (χ0) is 11.7. The van der Waals surface area contributed by atoms with Gasteiger partial charge in [-0.15, -0.1) is 0 Å². The predicted octanol–water partition coefficient (Wildman–Crippen LogP) is 1.07. The summed E-state index contributed by atoms with van der Waals surface area (Å²) in [5, 5.41) is 14.3. The molecule has 3 rings (SSSR count). The van der Waals surface area contributed by atoms with Crippen LogP contribution in [0.4, 0.5) is 0 Å². The lowest BCUT2D eigenvalue weighted by molar-refractivity contribution is 0.0616. The van der Waals surface area contributed by atoms with Crippen LogP contribution < -0.4 is 0 Å². The van der Waals surface area contributed by atoms with Gasteiger partial charge in [0, 0.05) is 26.1 Å². The van der Waals surface area contributed by atoms with Gasteiger partial charge in [-0.25, -0.2) is 9.67 Å². The van der Waals surface area contributed by atoms with E-state index in [2.05, 4.69) is 10.1 Å². The minimum atomic E-state index is -0.463. The van der Waals surface area contributed by atoms with E-state index in [1.165, 1.54) is 0 Å². The Morgan fingerprint density at radius 3 is 2.88 bits per heavy atom. The first-order valence-electron chi connectivity index (χ1n) is 6.53. The molecule has 0 amide bonds. The number of hydrogen-bond donors (Lipinski definition) is 1.